The lowest BCUT2D eigenvalue weighted by Crippen LogP contribution is -2.16. The molecule has 39 heavy (non-hydrogen) atoms. The number of hydrogen-bond acceptors (Lipinski definition) is 7. The topological polar surface area (TPSA) is 97.0 Å². The van der Waals surface area contributed by atoms with Gasteiger partial charge in [0, 0.05) is 33.1 Å². The molecule has 198 valence electrons. The molecule has 0 saturated heterocycles. The van der Waals surface area contributed by atoms with Crippen molar-refractivity contribution in [2.24, 2.45) is 0 Å². The SMILES string of the molecule is COc1ccc2c(c1)c(CC(=O)OCCOc1ccc3oc(=O)ccc3c1)c(C)n2C(=O)c1ccc(Cl)cc1. The van der Waals surface area contributed by atoms with Crippen molar-refractivity contribution in [3.05, 3.63) is 105 Å². The van der Waals surface area contributed by atoms with Crippen LogP contribution in [-0.4, -0.2) is 36.8 Å². The summed E-state index contributed by atoms with van der Waals surface area (Å²) in [4.78, 5) is 37.6. The van der Waals surface area contributed by atoms with E-state index in [-0.39, 0.29) is 25.5 Å². The van der Waals surface area contributed by atoms with Crippen molar-refractivity contribution in [1.29, 1.82) is 0 Å². The number of nitrogens with zero attached hydrogens (tertiary/aromatic N) is 1. The molecule has 0 aliphatic carbocycles. The van der Waals surface area contributed by atoms with Crippen LogP contribution in [-0.2, 0) is 16.0 Å². The predicted molar refractivity (Wildman–Crippen MR) is 147 cm³/mol. The Bertz CT molecular complexity index is 1750. The van der Waals surface area contributed by atoms with Crippen molar-refractivity contribution in [2.75, 3.05) is 20.3 Å². The van der Waals surface area contributed by atoms with E-state index in [0.717, 1.165) is 10.8 Å². The van der Waals surface area contributed by atoms with Crippen LogP contribution in [0.15, 0.2) is 82.0 Å². The van der Waals surface area contributed by atoms with Crippen molar-refractivity contribution in [3.8, 4) is 11.5 Å². The number of benzene rings is 3. The lowest BCUT2D eigenvalue weighted by molar-refractivity contribution is -0.143. The highest BCUT2D eigenvalue weighted by Gasteiger charge is 2.22. The summed E-state index contributed by atoms with van der Waals surface area (Å²) in [6.07, 6.45) is -0.0363. The van der Waals surface area contributed by atoms with E-state index in [1.165, 1.54) is 6.07 Å². The number of carbonyl (C=O) groups excluding carboxylic acids is 2. The molecule has 0 bridgehead atoms. The third kappa shape index (κ3) is 5.51. The van der Waals surface area contributed by atoms with Gasteiger partial charge < -0.3 is 18.6 Å². The summed E-state index contributed by atoms with van der Waals surface area (Å²) in [5.41, 5.74) is 2.47. The molecule has 0 atom stereocenters. The number of methoxy groups -OCH3 is 1. The molecule has 3 aromatic carbocycles. The number of fused-ring (bicyclic) bond motifs is 2. The molecule has 2 aromatic heterocycles. The Balaban J connectivity index is 1.30. The van der Waals surface area contributed by atoms with Gasteiger partial charge in [-0.2, -0.15) is 0 Å². The normalized spacial score (nSPS) is 11.1. The fraction of sp³-hybridized carbons (Fsp3) is 0.167. The van der Waals surface area contributed by atoms with Gasteiger partial charge in [0.05, 0.1) is 19.0 Å². The van der Waals surface area contributed by atoms with E-state index in [1.54, 1.807) is 79.3 Å². The van der Waals surface area contributed by atoms with Gasteiger partial charge in [0.1, 0.15) is 30.3 Å². The zero-order valence-corrected chi connectivity index (χ0v) is 22.0. The van der Waals surface area contributed by atoms with Gasteiger partial charge in [-0.25, -0.2) is 4.79 Å². The maximum absolute atomic E-state index is 13.4. The number of esters is 1. The number of halogens is 1. The highest BCUT2D eigenvalue weighted by atomic mass is 35.5. The molecule has 0 amide bonds. The summed E-state index contributed by atoms with van der Waals surface area (Å²) in [5, 5.41) is 1.98. The maximum Gasteiger partial charge on any atom is 0.336 e. The van der Waals surface area contributed by atoms with Gasteiger partial charge in [-0.1, -0.05) is 11.6 Å². The number of ether oxygens (including phenoxy) is 3. The molecule has 9 heteroatoms. The van der Waals surface area contributed by atoms with Gasteiger partial charge in [-0.15, -0.1) is 0 Å². The molecule has 5 rings (SSSR count). The minimum Gasteiger partial charge on any atom is -0.497 e. The van der Waals surface area contributed by atoms with Crippen LogP contribution >= 0.6 is 11.6 Å². The molecule has 8 nitrogen and oxygen atoms in total. The van der Waals surface area contributed by atoms with Crippen molar-refractivity contribution in [1.82, 2.24) is 4.57 Å². The number of carbonyl (C=O) groups is 2. The van der Waals surface area contributed by atoms with Crippen LogP contribution in [0, 0.1) is 6.92 Å². The van der Waals surface area contributed by atoms with Crippen LogP contribution in [0.4, 0.5) is 0 Å². The molecular formula is C30H24ClNO7. The van der Waals surface area contributed by atoms with E-state index in [9.17, 15) is 14.4 Å². The summed E-state index contributed by atoms with van der Waals surface area (Å²) >= 11 is 5.99. The molecule has 0 spiro atoms. The van der Waals surface area contributed by atoms with Crippen molar-refractivity contribution in [3.63, 3.8) is 0 Å². The fourth-order valence-electron chi connectivity index (χ4n) is 4.45. The lowest BCUT2D eigenvalue weighted by atomic mass is 10.1. The lowest BCUT2D eigenvalue weighted by Gasteiger charge is -2.09. The van der Waals surface area contributed by atoms with E-state index in [1.807, 2.05) is 6.07 Å². The second-order valence-corrected chi connectivity index (χ2v) is 9.23. The summed E-state index contributed by atoms with van der Waals surface area (Å²) in [6, 6.07) is 20.1. The zero-order chi connectivity index (χ0) is 27.5. The van der Waals surface area contributed by atoms with Crippen LogP contribution in [0.1, 0.15) is 21.6 Å². The molecule has 0 aliphatic heterocycles. The van der Waals surface area contributed by atoms with Gasteiger partial charge in [-0.05, 0) is 79.2 Å². The summed E-state index contributed by atoms with van der Waals surface area (Å²) in [5.74, 6) is 0.472. The first-order chi connectivity index (χ1) is 18.8. The largest absolute Gasteiger partial charge is 0.497 e. The molecule has 0 aliphatic rings. The van der Waals surface area contributed by atoms with Crippen molar-refractivity contribution in [2.45, 2.75) is 13.3 Å². The van der Waals surface area contributed by atoms with E-state index < -0.39 is 11.6 Å². The third-order valence-corrected chi connectivity index (χ3v) is 6.62. The highest BCUT2D eigenvalue weighted by Crippen LogP contribution is 2.31. The van der Waals surface area contributed by atoms with E-state index in [4.69, 9.17) is 30.2 Å². The van der Waals surface area contributed by atoms with Gasteiger partial charge in [0.15, 0.2) is 0 Å². The quantitative estimate of drug-likeness (QED) is 0.143. The maximum atomic E-state index is 13.4. The predicted octanol–water partition coefficient (Wildman–Crippen LogP) is 5.57. The smallest absolute Gasteiger partial charge is 0.336 e. The van der Waals surface area contributed by atoms with Crippen LogP contribution in [0.25, 0.3) is 21.9 Å². The zero-order valence-electron chi connectivity index (χ0n) is 21.2. The van der Waals surface area contributed by atoms with Crippen LogP contribution < -0.4 is 15.1 Å². The highest BCUT2D eigenvalue weighted by molar-refractivity contribution is 6.30. The van der Waals surface area contributed by atoms with E-state index in [0.29, 0.717) is 44.4 Å². The third-order valence-electron chi connectivity index (χ3n) is 6.36. The Morgan fingerprint density at radius 1 is 0.923 bits per heavy atom. The van der Waals surface area contributed by atoms with Gasteiger partial charge >= 0.3 is 11.6 Å². The molecule has 0 radical (unpaired) electrons. The summed E-state index contributed by atoms with van der Waals surface area (Å²) in [7, 11) is 1.56. The first kappa shape index (κ1) is 26.1. The number of aromatic nitrogens is 1. The first-order valence-electron chi connectivity index (χ1n) is 12.1. The number of rotatable bonds is 8. The van der Waals surface area contributed by atoms with Crippen molar-refractivity contribution < 1.29 is 28.2 Å². The van der Waals surface area contributed by atoms with Crippen LogP contribution in [0.5, 0.6) is 11.5 Å². The Morgan fingerprint density at radius 2 is 1.69 bits per heavy atom. The Morgan fingerprint density at radius 3 is 2.46 bits per heavy atom. The fourth-order valence-corrected chi connectivity index (χ4v) is 4.57. The molecule has 2 heterocycles. The van der Waals surface area contributed by atoms with Crippen LogP contribution in [0.3, 0.4) is 0 Å². The average molecular weight is 546 g/mol. The van der Waals surface area contributed by atoms with E-state index in [2.05, 4.69) is 0 Å². The Labute approximate surface area is 228 Å². The summed E-state index contributed by atoms with van der Waals surface area (Å²) < 4.78 is 23.2. The molecule has 5 aromatic rings. The standard InChI is InChI=1S/C30H24ClNO7/c1-18-24(17-29(34)38-14-13-37-23-9-11-27-20(15-23)5-12-28(33)39-27)25-16-22(36-2)8-10-26(25)32(18)30(35)19-3-6-21(31)7-4-19/h3-12,15-16H,13-14,17H2,1-2H3. The van der Waals surface area contributed by atoms with Gasteiger partial charge in [0.25, 0.3) is 5.91 Å². The minimum atomic E-state index is -0.456. The molecule has 0 unspecified atom stereocenters. The average Bonchev–Trinajstić information content (AvgIpc) is 3.21. The Kier molecular flexibility index (Phi) is 7.38. The first-order valence-corrected chi connectivity index (χ1v) is 12.5. The summed E-state index contributed by atoms with van der Waals surface area (Å²) in [6.45, 7) is 1.97. The number of hydrogen-bond donors (Lipinski definition) is 0. The second kappa shape index (κ2) is 11.0. The molecular weight excluding hydrogens is 522 g/mol. The molecule has 0 N–H and O–H groups in total. The molecule has 0 fully saturated rings. The van der Waals surface area contributed by atoms with E-state index >= 15 is 0 Å². The van der Waals surface area contributed by atoms with Gasteiger partial charge in [0.2, 0.25) is 0 Å². The van der Waals surface area contributed by atoms with Crippen molar-refractivity contribution >= 4 is 45.3 Å². The Hall–Kier alpha value is -4.56. The monoisotopic (exact) mass is 545 g/mol. The second-order valence-electron chi connectivity index (χ2n) is 8.79. The van der Waals surface area contributed by atoms with Gasteiger partial charge in [-0.3, -0.25) is 14.2 Å². The minimum absolute atomic E-state index is 0.0332. The van der Waals surface area contributed by atoms with Crippen LogP contribution in [0.2, 0.25) is 5.02 Å². The molecule has 0 saturated carbocycles.